The minimum atomic E-state index is -2.93. The molecule has 0 aromatic heterocycles. The van der Waals surface area contributed by atoms with Gasteiger partial charge in [-0.1, -0.05) is 0 Å². The van der Waals surface area contributed by atoms with Crippen molar-refractivity contribution in [3.8, 4) is 0 Å². The minimum Gasteiger partial charge on any atom is -0.382 e. The quantitative estimate of drug-likeness (QED) is 0.591. The molecule has 6 heteroatoms. The Morgan fingerprint density at radius 2 is 2.00 bits per heavy atom. The van der Waals surface area contributed by atoms with Gasteiger partial charge in [0.15, 0.2) is 0 Å². The van der Waals surface area contributed by atoms with Crippen LogP contribution in [0.4, 0.5) is 8.78 Å². The van der Waals surface area contributed by atoms with Gasteiger partial charge in [-0.2, -0.15) is 8.78 Å². The smallest absolute Gasteiger partial charge is 0.315 e. The molecule has 1 amide bonds. The molecule has 0 aliphatic carbocycles. The summed E-state index contributed by atoms with van der Waals surface area (Å²) in [5.74, 6) is -1.21. The number of carbonyl (C=O) groups excluding carboxylic acids is 1. The van der Waals surface area contributed by atoms with Crippen LogP contribution < -0.4 is 5.32 Å². The third-order valence-electron chi connectivity index (χ3n) is 1.64. The van der Waals surface area contributed by atoms with E-state index in [0.717, 1.165) is 6.42 Å². The summed E-state index contributed by atoms with van der Waals surface area (Å²) in [6.07, 6.45) is -1.57. The molecule has 0 unspecified atom stereocenters. The molecule has 0 aromatic carbocycles. The molecule has 0 saturated carbocycles. The third kappa shape index (κ3) is 9.55. The van der Waals surface area contributed by atoms with Crippen LogP contribution >= 0.6 is 0 Å². The number of halogens is 2. The van der Waals surface area contributed by atoms with E-state index in [2.05, 4.69) is 5.32 Å². The number of hydrogen-bond acceptors (Lipinski definition) is 3. The van der Waals surface area contributed by atoms with E-state index in [4.69, 9.17) is 9.47 Å². The Balaban J connectivity index is 3.08. The summed E-state index contributed by atoms with van der Waals surface area (Å²) in [5.41, 5.74) is 0. The van der Waals surface area contributed by atoms with E-state index in [1.165, 1.54) is 0 Å². The lowest BCUT2D eigenvalue weighted by Gasteiger charge is -2.05. The number of alkyl halides is 2. The summed E-state index contributed by atoms with van der Waals surface area (Å²) in [6, 6.07) is 0. The van der Waals surface area contributed by atoms with Crippen molar-refractivity contribution in [2.75, 3.05) is 33.5 Å². The van der Waals surface area contributed by atoms with Crippen LogP contribution in [0.2, 0.25) is 0 Å². The lowest BCUT2D eigenvalue weighted by molar-refractivity contribution is -0.131. The van der Waals surface area contributed by atoms with Crippen molar-refractivity contribution in [3.63, 3.8) is 0 Å². The molecule has 15 heavy (non-hydrogen) atoms. The molecule has 90 valence electrons. The van der Waals surface area contributed by atoms with E-state index >= 15 is 0 Å². The summed E-state index contributed by atoms with van der Waals surface area (Å²) < 4.78 is 33.3. The molecule has 0 aliphatic rings. The number of nitrogens with one attached hydrogen (secondary N) is 1. The van der Waals surface area contributed by atoms with E-state index < -0.39 is 12.3 Å². The maximum atomic E-state index is 11.7. The van der Waals surface area contributed by atoms with Crippen molar-refractivity contribution in [1.29, 1.82) is 0 Å². The van der Waals surface area contributed by atoms with Crippen LogP contribution in [-0.4, -0.2) is 45.8 Å². The predicted molar refractivity (Wildman–Crippen MR) is 50.9 cm³/mol. The number of rotatable bonds is 9. The molecule has 0 radical (unpaired) electrons. The van der Waals surface area contributed by atoms with Crippen molar-refractivity contribution in [2.24, 2.45) is 0 Å². The number of amides is 1. The molecular weight excluding hydrogens is 208 g/mol. The molecular formula is C9H17F2NO3. The Morgan fingerprint density at radius 3 is 2.60 bits per heavy atom. The van der Waals surface area contributed by atoms with Crippen LogP contribution in [0.3, 0.4) is 0 Å². The highest BCUT2D eigenvalue weighted by molar-refractivity contribution is 5.78. The van der Waals surface area contributed by atoms with Gasteiger partial charge < -0.3 is 14.8 Å². The number of methoxy groups -OCH3 is 1. The Labute approximate surface area is 87.9 Å². The van der Waals surface area contributed by atoms with Gasteiger partial charge in [0.25, 0.3) is 5.91 Å². The highest BCUT2D eigenvalue weighted by Crippen LogP contribution is 1.93. The van der Waals surface area contributed by atoms with Gasteiger partial charge in [-0.05, 0) is 12.8 Å². The fourth-order valence-corrected chi connectivity index (χ4v) is 0.862. The first-order valence-electron chi connectivity index (χ1n) is 4.81. The fourth-order valence-electron chi connectivity index (χ4n) is 0.862. The van der Waals surface area contributed by atoms with Gasteiger partial charge >= 0.3 is 6.43 Å². The van der Waals surface area contributed by atoms with Gasteiger partial charge in [0.1, 0.15) is 0 Å². The molecule has 0 aromatic rings. The highest BCUT2D eigenvalue weighted by atomic mass is 19.3. The Kier molecular flexibility index (Phi) is 9.30. The normalized spacial score (nSPS) is 10.7. The van der Waals surface area contributed by atoms with E-state index in [9.17, 15) is 13.6 Å². The van der Waals surface area contributed by atoms with Crippen molar-refractivity contribution in [3.05, 3.63) is 0 Å². The zero-order valence-electron chi connectivity index (χ0n) is 8.80. The Morgan fingerprint density at radius 1 is 1.27 bits per heavy atom. The Bertz CT molecular complexity index is 167. The molecule has 0 fully saturated rings. The maximum absolute atomic E-state index is 11.7. The predicted octanol–water partition coefficient (Wildman–Crippen LogP) is 0.811. The zero-order chi connectivity index (χ0) is 11.5. The molecule has 0 bridgehead atoms. The number of carbonyl (C=O) groups is 1. The lowest BCUT2D eigenvalue weighted by atomic mass is 10.3. The van der Waals surface area contributed by atoms with E-state index in [1.807, 2.05) is 0 Å². The average molecular weight is 225 g/mol. The third-order valence-corrected chi connectivity index (χ3v) is 1.64. The van der Waals surface area contributed by atoms with Gasteiger partial charge in [-0.25, -0.2) is 0 Å². The van der Waals surface area contributed by atoms with Gasteiger partial charge in [-0.3, -0.25) is 4.79 Å². The molecule has 0 rings (SSSR count). The number of ether oxygens (including phenoxy) is 2. The molecule has 0 saturated heterocycles. The largest absolute Gasteiger partial charge is 0.382 e. The number of hydrogen-bond donors (Lipinski definition) is 1. The number of unbranched alkanes of at least 4 members (excludes halogenated alkanes) is 1. The summed E-state index contributed by atoms with van der Waals surface area (Å²) in [4.78, 5) is 10.4. The molecule has 4 nitrogen and oxygen atoms in total. The van der Waals surface area contributed by atoms with Crippen LogP contribution in [0.5, 0.6) is 0 Å². The second kappa shape index (κ2) is 9.79. The van der Waals surface area contributed by atoms with Crippen molar-refractivity contribution in [1.82, 2.24) is 5.32 Å². The summed E-state index contributed by atoms with van der Waals surface area (Å²) >= 11 is 0. The summed E-state index contributed by atoms with van der Waals surface area (Å²) in [7, 11) is 1.59. The van der Waals surface area contributed by atoms with Crippen molar-refractivity contribution >= 4 is 5.91 Å². The second-order valence-electron chi connectivity index (χ2n) is 2.90. The van der Waals surface area contributed by atoms with Crippen molar-refractivity contribution in [2.45, 2.75) is 19.3 Å². The SMILES string of the molecule is COCCOCCCCNC(=O)C(F)F. The topological polar surface area (TPSA) is 47.6 Å². The summed E-state index contributed by atoms with van der Waals surface area (Å²) in [5, 5.41) is 2.11. The molecule has 0 spiro atoms. The molecule has 0 aliphatic heterocycles. The van der Waals surface area contributed by atoms with Crippen LogP contribution in [-0.2, 0) is 14.3 Å². The average Bonchev–Trinajstić information content (AvgIpc) is 2.21. The zero-order valence-corrected chi connectivity index (χ0v) is 8.80. The van der Waals surface area contributed by atoms with Crippen LogP contribution in [0.25, 0.3) is 0 Å². The second-order valence-corrected chi connectivity index (χ2v) is 2.90. The maximum Gasteiger partial charge on any atom is 0.315 e. The highest BCUT2D eigenvalue weighted by Gasteiger charge is 2.13. The van der Waals surface area contributed by atoms with Gasteiger partial charge in [0.05, 0.1) is 13.2 Å². The van der Waals surface area contributed by atoms with Crippen LogP contribution in [0.1, 0.15) is 12.8 Å². The Hall–Kier alpha value is -0.750. The summed E-state index contributed by atoms with van der Waals surface area (Å²) in [6.45, 7) is 1.88. The molecule has 1 N–H and O–H groups in total. The van der Waals surface area contributed by atoms with Gasteiger partial charge in [0, 0.05) is 20.3 Å². The van der Waals surface area contributed by atoms with Crippen LogP contribution in [0.15, 0.2) is 0 Å². The lowest BCUT2D eigenvalue weighted by Crippen LogP contribution is -2.30. The standard InChI is InChI=1S/C9H17F2NO3/c1-14-6-7-15-5-3-2-4-12-9(13)8(10)11/h8H,2-7H2,1H3,(H,12,13). The van der Waals surface area contributed by atoms with Crippen molar-refractivity contribution < 1.29 is 23.0 Å². The monoisotopic (exact) mass is 225 g/mol. The molecule has 0 atom stereocenters. The first kappa shape index (κ1) is 14.2. The van der Waals surface area contributed by atoms with E-state index in [-0.39, 0.29) is 6.54 Å². The first-order chi connectivity index (χ1) is 7.18. The first-order valence-corrected chi connectivity index (χ1v) is 4.81. The van der Waals surface area contributed by atoms with Gasteiger partial charge in [0.2, 0.25) is 0 Å². The minimum absolute atomic E-state index is 0.261. The van der Waals surface area contributed by atoms with Crippen LogP contribution in [0, 0.1) is 0 Å². The molecule has 0 heterocycles. The van der Waals surface area contributed by atoms with E-state index in [0.29, 0.717) is 26.2 Å². The van der Waals surface area contributed by atoms with E-state index in [1.54, 1.807) is 7.11 Å². The van der Waals surface area contributed by atoms with Gasteiger partial charge in [-0.15, -0.1) is 0 Å². The fraction of sp³-hybridized carbons (Fsp3) is 0.889.